The fourth-order valence-electron chi connectivity index (χ4n) is 2.40. The lowest BCUT2D eigenvalue weighted by Gasteiger charge is -2.24. The Morgan fingerprint density at radius 2 is 2.41 bits per heavy atom. The smallest absolute Gasteiger partial charge is 0.352 e. The molecule has 22 heavy (non-hydrogen) atoms. The molecule has 120 valence electrons. The van der Waals surface area contributed by atoms with Crippen molar-refractivity contribution in [1.29, 1.82) is 0 Å². The third kappa shape index (κ3) is 2.64. The standard InChI is InChI=1S/C12H17N5O5/c1-3-21-8-4-5-17(11(20)14-8)10-7(2)9(19)12(6-18,22-10)15-16-13/h4-5,7,9-10,18-19H,3,6H2,1-2H3. The monoisotopic (exact) mass is 311 g/mol. The second-order valence-electron chi connectivity index (χ2n) is 4.89. The van der Waals surface area contributed by atoms with E-state index in [1.165, 1.54) is 12.3 Å². The normalized spacial score (nSPS) is 30.8. The number of ether oxygens (including phenoxy) is 2. The first kappa shape index (κ1) is 16.2. The van der Waals surface area contributed by atoms with Crippen molar-refractivity contribution >= 4 is 0 Å². The lowest BCUT2D eigenvalue weighted by molar-refractivity contribution is -0.124. The molecule has 0 aliphatic carbocycles. The topological polar surface area (TPSA) is 143 Å². The van der Waals surface area contributed by atoms with Crippen molar-refractivity contribution in [1.82, 2.24) is 9.55 Å². The minimum absolute atomic E-state index is 0.179. The number of aliphatic hydroxyl groups excluding tert-OH is 2. The molecule has 2 N–H and O–H groups in total. The molecule has 10 nitrogen and oxygen atoms in total. The zero-order valence-electron chi connectivity index (χ0n) is 12.2. The van der Waals surface area contributed by atoms with Crippen LogP contribution in [0.3, 0.4) is 0 Å². The first-order valence-electron chi connectivity index (χ1n) is 6.74. The summed E-state index contributed by atoms with van der Waals surface area (Å²) in [5.74, 6) is -0.423. The van der Waals surface area contributed by atoms with Gasteiger partial charge < -0.3 is 19.7 Å². The van der Waals surface area contributed by atoms with Crippen LogP contribution in [0.15, 0.2) is 22.2 Å². The number of nitrogens with zero attached hydrogens (tertiary/aromatic N) is 5. The van der Waals surface area contributed by atoms with E-state index < -0.39 is 36.3 Å². The third-order valence-electron chi connectivity index (χ3n) is 3.55. The minimum Gasteiger partial charge on any atom is -0.478 e. The first-order valence-corrected chi connectivity index (χ1v) is 6.74. The van der Waals surface area contributed by atoms with Crippen molar-refractivity contribution < 1.29 is 19.7 Å². The third-order valence-corrected chi connectivity index (χ3v) is 3.55. The van der Waals surface area contributed by atoms with Gasteiger partial charge in [0.05, 0.1) is 19.3 Å². The highest BCUT2D eigenvalue weighted by Crippen LogP contribution is 2.41. The molecule has 0 amide bonds. The summed E-state index contributed by atoms with van der Waals surface area (Å²) in [4.78, 5) is 18.4. The Bertz CT molecular complexity index is 643. The molecule has 1 aliphatic heterocycles. The lowest BCUT2D eigenvalue weighted by atomic mass is 9.98. The fourth-order valence-corrected chi connectivity index (χ4v) is 2.40. The van der Waals surface area contributed by atoms with Crippen molar-refractivity contribution in [3.05, 3.63) is 33.2 Å². The van der Waals surface area contributed by atoms with Gasteiger partial charge in [0.2, 0.25) is 5.88 Å². The quantitative estimate of drug-likeness (QED) is 0.450. The molecule has 1 aromatic rings. The first-order chi connectivity index (χ1) is 10.5. The van der Waals surface area contributed by atoms with E-state index in [1.807, 2.05) is 0 Å². The van der Waals surface area contributed by atoms with Gasteiger partial charge in [-0.05, 0) is 12.5 Å². The summed E-state index contributed by atoms with van der Waals surface area (Å²) in [6.45, 7) is 3.04. The molecule has 0 radical (unpaired) electrons. The second kappa shape index (κ2) is 6.32. The molecule has 2 rings (SSSR count). The van der Waals surface area contributed by atoms with E-state index in [0.717, 1.165) is 4.57 Å². The van der Waals surface area contributed by atoms with E-state index in [4.69, 9.17) is 15.0 Å². The Morgan fingerprint density at radius 1 is 1.68 bits per heavy atom. The van der Waals surface area contributed by atoms with Crippen LogP contribution < -0.4 is 10.4 Å². The molecule has 0 aromatic carbocycles. The predicted molar refractivity (Wildman–Crippen MR) is 73.9 cm³/mol. The summed E-state index contributed by atoms with van der Waals surface area (Å²) in [5, 5.41) is 23.0. The molecule has 1 aromatic heterocycles. The van der Waals surface area contributed by atoms with Gasteiger partial charge in [0.25, 0.3) is 0 Å². The van der Waals surface area contributed by atoms with Gasteiger partial charge in [-0.15, -0.1) is 0 Å². The molecule has 0 spiro atoms. The van der Waals surface area contributed by atoms with E-state index in [9.17, 15) is 15.0 Å². The van der Waals surface area contributed by atoms with Crippen LogP contribution in [-0.2, 0) is 4.74 Å². The molecular formula is C12H17N5O5. The molecule has 0 bridgehead atoms. The van der Waals surface area contributed by atoms with Crippen LogP contribution in [0.1, 0.15) is 20.1 Å². The number of azide groups is 1. The van der Waals surface area contributed by atoms with Gasteiger partial charge in [-0.3, -0.25) is 4.57 Å². The molecule has 1 aliphatic rings. The summed E-state index contributed by atoms with van der Waals surface area (Å²) in [5.41, 5.74) is 6.14. The van der Waals surface area contributed by atoms with Gasteiger partial charge in [-0.2, -0.15) is 4.98 Å². The molecular weight excluding hydrogens is 294 g/mol. The molecule has 2 heterocycles. The van der Waals surface area contributed by atoms with E-state index in [0.29, 0.717) is 6.61 Å². The van der Waals surface area contributed by atoms with Crippen molar-refractivity contribution in [3.8, 4) is 5.88 Å². The average Bonchev–Trinajstić information content (AvgIpc) is 2.74. The molecule has 0 saturated carbocycles. The number of hydrogen-bond acceptors (Lipinski definition) is 7. The Morgan fingerprint density at radius 3 is 2.95 bits per heavy atom. The Balaban J connectivity index is 2.38. The zero-order chi connectivity index (χ0) is 16.3. The molecule has 1 fully saturated rings. The maximum atomic E-state index is 12.1. The molecule has 4 unspecified atom stereocenters. The van der Waals surface area contributed by atoms with Gasteiger partial charge in [-0.1, -0.05) is 12.0 Å². The Labute approximate surface area is 125 Å². The summed E-state index contributed by atoms with van der Waals surface area (Å²) in [7, 11) is 0. The number of hydrogen-bond donors (Lipinski definition) is 2. The highest BCUT2D eigenvalue weighted by molar-refractivity contribution is 5.07. The van der Waals surface area contributed by atoms with Crippen LogP contribution in [0, 0.1) is 5.92 Å². The maximum Gasteiger partial charge on any atom is 0.352 e. The van der Waals surface area contributed by atoms with Gasteiger partial charge in [0.15, 0.2) is 5.72 Å². The van der Waals surface area contributed by atoms with E-state index in [2.05, 4.69) is 15.0 Å². The summed E-state index contributed by atoms with van der Waals surface area (Å²) < 4.78 is 11.8. The summed E-state index contributed by atoms with van der Waals surface area (Å²) in [6, 6.07) is 1.49. The van der Waals surface area contributed by atoms with Gasteiger partial charge >= 0.3 is 5.69 Å². The van der Waals surface area contributed by atoms with E-state index >= 15 is 0 Å². The lowest BCUT2D eigenvalue weighted by Crippen LogP contribution is -2.42. The number of aliphatic hydroxyl groups is 2. The van der Waals surface area contributed by atoms with Crippen LogP contribution in [0.4, 0.5) is 0 Å². The molecule has 10 heteroatoms. The minimum atomic E-state index is -1.82. The number of aromatic nitrogens is 2. The van der Waals surface area contributed by atoms with E-state index in [-0.39, 0.29) is 5.88 Å². The fraction of sp³-hybridized carbons (Fsp3) is 0.667. The summed E-state index contributed by atoms with van der Waals surface area (Å²) >= 11 is 0. The van der Waals surface area contributed by atoms with Crippen LogP contribution in [-0.4, -0.2) is 44.8 Å². The largest absolute Gasteiger partial charge is 0.478 e. The average molecular weight is 311 g/mol. The van der Waals surface area contributed by atoms with Gasteiger partial charge in [-0.25, -0.2) is 4.79 Å². The van der Waals surface area contributed by atoms with Crippen LogP contribution >= 0.6 is 0 Å². The van der Waals surface area contributed by atoms with Crippen molar-refractivity contribution in [2.75, 3.05) is 13.2 Å². The SMILES string of the molecule is CCOc1ccn(C2OC(CO)(N=[N+]=[N-])C(O)C2C)c(=O)n1. The zero-order valence-corrected chi connectivity index (χ0v) is 12.2. The number of rotatable bonds is 5. The van der Waals surface area contributed by atoms with Gasteiger partial charge in [0.1, 0.15) is 6.23 Å². The molecule has 1 saturated heterocycles. The second-order valence-corrected chi connectivity index (χ2v) is 4.89. The van der Waals surface area contributed by atoms with Crippen LogP contribution in [0.2, 0.25) is 0 Å². The van der Waals surface area contributed by atoms with E-state index in [1.54, 1.807) is 13.8 Å². The molecule has 4 atom stereocenters. The maximum absolute atomic E-state index is 12.1. The van der Waals surface area contributed by atoms with Crippen LogP contribution in [0.5, 0.6) is 5.88 Å². The Hall–Kier alpha value is -2.13. The van der Waals surface area contributed by atoms with Crippen LogP contribution in [0.25, 0.3) is 10.4 Å². The highest BCUT2D eigenvalue weighted by atomic mass is 16.6. The summed E-state index contributed by atoms with van der Waals surface area (Å²) in [6.07, 6.45) is -0.780. The predicted octanol–water partition coefficient (Wildman–Crippen LogP) is 0.167. The van der Waals surface area contributed by atoms with Gasteiger partial charge in [0, 0.05) is 23.1 Å². The van der Waals surface area contributed by atoms with Crippen molar-refractivity contribution in [3.63, 3.8) is 0 Å². The van der Waals surface area contributed by atoms with Crippen molar-refractivity contribution in [2.45, 2.75) is 31.9 Å². The highest BCUT2D eigenvalue weighted by Gasteiger charge is 2.53. The van der Waals surface area contributed by atoms with Crippen molar-refractivity contribution in [2.24, 2.45) is 11.0 Å². The Kier molecular flexibility index (Phi) is 4.67.